The highest BCUT2D eigenvalue weighted by molar-refractivity contribution is 6.10. The van der Waals surface area contributed by atoms with Crippen molar-refractivity contribution >= 4 is 23.2 Å². The fraction of sp³-hybridized carbons (Fsp3) is 0.125. The average molecular weight is 342 g/mol. The number of aromatic amines is 1. The van der Waals surface area contributed by atoms with Crippen molar-refractivity contribution in [3.63, 3.8) is 0 Å². The molecule has 0 spiro atoms. The largest absolute Gasteiger partial charge is 0.330 e. The van der Waals surface area contributed by atoms with E-state index >= 15 is 0 Å². The molecule has 9 heteroatoms. The van der Waals surface area contributed by atoms with E-state index in [9.17, 15) is 14.0 Å². The Morgan fingerprint density at radius 3 is 2.52 bits per heavy atom. The Bertz CT molecular complexity index is 929. The maximum absolute atomic E-state index is 12.9. The van der Waals surface area contributed by atoms with Crippen LogP contribution in [0.3, 0.4) is 0 Å². The summed E-state index contributed by atoms with van der Waals surface area (Å²) in [5, 5.41) is 11.6. The zero-order valence-corrected chi connectivity index (χ0v) is 13.5. The highest BCUT2D eigenvalue weighted by Crippen LogP contribution is 2.16. The zero-order chi connectivity index (χ0) is 18.0. The van der Waals surface area contributed by atoms with Gasteiger partial charge in [-0.2, -0.15) is 5.10 Å². The molecule has 8 nitrogen and oxygen atoms in total. The predicted octanol–water partition coefficient (Wildman–Crippen LogP) is 2.10. The van der Waals surface area contributed by atoms with Crippen molar-refractivity contribution in [1.82, 2.24) is 19.7 Å². The highest BCUT2D eigenvalue weighted by Gasteiger charge is 2.19. The minimum Gasteiger partial charge on any atom is -0.330 e. The van der Waals surface area contributed by atoms with Crippen LogP contribution in [0.2, 0.25) is 0 Å². The van der Waals surface area contributed by atoms with Gasteiger partial charge in [0.05, 0.1) is 11.4 Å². The van der Waals surface area contributed by atoms with E-state index < -0.39 is 17.6 Å². The SMILES string of the molecule is Cc1cn(C)c(C(=O)Nc2c[nH]nc2C(=O)Nc2ccc(F)cc2)n1. The maximum Gasteiger partial charge on any atom is 0.291 e. The van der Waals surface area contributed by atoms with Crippen LogP contribution in [0.15, 0.2) is 36.7 Å². The summed E-state index contributed by atoms with van der Waals surface area (Å²) >= 11 is 0. The molecule has 3 N–H and O–H groups in total. The molecule has 2 amide bonds. The molecule has 0 aliphatic rings. The second kappa shape index (κ2) is 6.56. The quantitative estimate of drug-likeness (QED) is 0.675. The van der Waals surface area contributed by atoms with Gasteiger partial charge in [0.1, 0.15) is 5.82 Å². The zero-order valence-electron chi connectivity index (χ0n) is 13.5. The van der Waals surface area contributed by atoms with Crippen molar-refractivity contribution in [3.05, 3.63) is 59.7 Å². The molecule has 0 aliphatic heterocycles. The molecule has 0 saturated heterocycles. The lowest BCUT2D eigenvalue weighted by Gasteiger charge is -2.06. The molecule has 0 unspecified atom stereocenters. The van der Waals surface area contributed by atoms with E-state index in [1.165, 1.54) is 30.5 Å². The van der Waals surface area contributed by atoms with E-state index in [1.807, 2.05) is 0 Å². The van der Waals surface area contributed by atoms with Crippen LogP contribution < -0.4 is 10.6 Å². The van der Waals surface area contributed by atoms with Crippen molar-refractivity contribution in [2.75, 3.05) is 10.6 Å². The first-order chi connectivity index (χ1) is 11.9. The molecule has 2 heterocycles. The number of carbonyl (C=O) groups excluding carboxylic acids is 2. The number of amides is 2. The number of H-pyrrole nitrogens is 1. The summed E-state index contributed by atoms with van der Waals surface area (Å²) in [5.74, 6) is -1.20. The molecule has 3 aromatic rings. The Balaban J connectivity index is 1.75. The van der Waals surface area contributed by atoms with Gasteiger partial charge < -0.3 is 15.2 Å². The van der Waals surface area contributed by atoms with Crippen LogP contribution >= 0.6 is 0 Å². The van der Waals surface area contributed by atoms with Crippen LogP contribution in [-0.2, 0) is 7.05 Å². The van der Waals surface area contributed by atoms with E-state index in [1.54, 1.807) is 24.7 Å². The van der Waals surface area contributed by atoms with Gasteiger partial charge in [0, 0.05) is 25.1 Å². The summed E-state index contributed by atoms with van der Waals surface area (Å²) in [6, 6.07) is 5.31. The molecule has 3 rings (SSSR count). The third-order valence-electron chi connectivity index (χ3n) is 3.41. The second-order valence-electron chi connectivity index (χ2n) is 5.38. The number of nitrogens with one attached hydrogen (secondary N) is 3. The molecule has 128 valence electrons. The van der Waals surface area contributed by atoms with Crippen LogP contribution in [0, 0.1) is 12.7 Å². The number of hydrogen-bond donors (Lipinski definition) is 3. The standard InChI is InChI=1S/C16H15FN6O2/c1-9-8-23(2)14(19-9)16(25)21-12-7-18-22-13(12)15(24)20-11-5-3-10(17)4-6-11/h3-8H,1-2H3,(H,18,22)(H,20,24)(H,21,25). The first-order valence-electron chi connectivity index (χ1n) is 7.36. The van der Waals surface area contributed by atoms with Crippen molar-refractivity contribution in [1.29, 1.82) is 0 Å². The smallest absolute Gasteiger partial charge is 0.291 e. The number of imidazole rings is 1. The molecule has 0 aliphatic carbocycles. The van der Waals surface area contributed by atoms with Crippen molar-refractivity contribution in [2.45, 2.75) is 6.92 Å². The van der Waals surface area contributed by atoms with Crippen LogP contribution in [0.4, 0.5) is 15.8 Å². The summed E-state index contributed by atoms with van der Waals surface area (Å²) in [6.45, 7) is 1.77. The Labute approximate surface area is 142 Å². The molecule has 2 aromatic heterocycles. The summed E-state index contributed by atoms with van der Waals surface area (Å²) in [4.78, 5) is 28.7. The third kappa shape index (κ3) is 3.55. The second-order valence-corrected chi connectivity index (χ2v) is 5.38. The molecule has 1 aromatic carbocycles. The molecular weight excluding hydrogens is 327 g/mol. The van der Waals surface area contributed by atoms with Crippen LogP contribution in [0.5, 0.6) is 0 Å². The number of halogens is 1. The van der Waals surface area contributed by atoms with Gasteiger partial charge in [-0.05, 0) is 31.2 Å². The number of hydrogen-bond acceptors (Lipinski definition) is 4. The summed E-state index contributed by atoms with van der Waals surface area (Å²) in [6.07, 6.45) is 3.11. The molecule has 0 atom stereocenters. The lowest BCUT2D eigenvalue weighted by atomic mass is 10.3. The maximum atomic E-state index is 12.9. The lowest BCUT2D eigenvalue weighted by Crippen LogP contribution is -2.20. The highest BCUT2D eigenvalue weighted by atomic mass is 19.1. The van der Waals surface area contributed by atoms with Crippen molar-refractivity contribution in [3.8, 4) is 0 Å². The fourth-order valence-corrected chi connectivity index (χ4v) is 2.29. The molecule has 25 heavy (non-hydrogen) atoms. The topological polar surface area (TPSA) is 105 Å². The average Bonchev–Trinajstić information content (AvgIpc) is 3.15. The Kier molecular flexibility index (Phi) is 4.29. The van der Waals surface area contributed by atoms with Gasteiger partial charge in [-0.3, -0.25) is 14.7 Å². The van der Waals surface area contributed by atoms with Crippen LogP contribution in [-0.4, -0.2) is 31.6 Å². The number of carbonyl (C=O) groups is 2. The molecule has 0 radical (unpaired) electrons. The number of aromatic nitrogens is 4. The van der Waals surface area contributed by atoms with Gasteiger partial charge in [0.15, 0.2) is 11.5 Å². The minimum atomic E-state index is -0.542. The number of rotatable bonds is 4. The van der Waals surface area contributed by atoms with Gasteiger partial charge in [0.2, 0.25) is 0 Å². The van der Waals surface area contributed by atoms with Crippen LogP contribution in [0.25, 0.3) is 0 Å². The number of anilines is 2. The predicted molar refractivity (Wildman–Crippen MR) is 88.8 cm³/mol. The first-order valence-corrected chi connectivity index (χ1v) is 7.36. The summed E-state index contributed by atoms with van der Waals surface area (Å²) in [5.41, 5.74) is 1.33. The minimum absolute atomic E-state index is 0.00334. The van der Waals surface area contributed by atoms with Crippen LogP contribution in [0.1, 0.15) is 26.8 Å². The normalized spacial score (nSPS) is 10.5. The van der Waals surface area contributed by atoms with Crippen molar-refractivity contribution in [2.24, 2.45) is 7.05 Å². The van der Waals surface area contributed by atoms with Gasteiger partial charge in [-0.25, -0.2) is 9.37 Å². The van der Waals surface area contributed by atoms with E-state index in [4.69, 9.17) is 0 Å². The Morgan fingerprint density at radius 2 is 1.88 bits per heavy atom. The fourth-order valence-electron chi connectivity index (χ4n) is 2.29. The number of benzene rings is 1. The van der Waals surface area contributed by atoms with E-state index in [0.29, 0.717) is 11.4 Å². The van der Waals surface area contributed by atoms with E-state index in [0.717, 1.165) is 0 Å². The van der Waals surface area contributed by atoms with Gasteiger partial charge >= 0.3 is 0 Å². The third-order valence-corrected chi connectivity index (χ3v) is 3.41. The molecule has 0 bridgehead atoms. The first kappa shape index (κ1) is 16.4. The Hall–Kier alpha value is -3.49. The van der Waals surface area contributed by atoms with E-state index in [-0.39, 0.29) is 17.2 Å². The summed E-state index contributed by atoms with van der Waals surface area (Å²) in [7, 11) is 1.70. The molecular formula is C16H15FN6O2. The van der Waals surface area contributed by atoms with E-state index in [2.05, 4.69) is 25.8 Å². The Morgan fingerprint density at radius 1 is 1.16 bits per heavy atom. The van der Waals surface area contributed by atoms with Gasteiger partial charge in [-0.15, -0.1) is 0 Å². The molecule has 0 fully saturated rings. The lowest BCUT2D eigenvalue weighted by molar-refractivity contribution is 0.101. The van der Waals surface area contributed by atoms with Gasteiger partial charge in [0.25, 0.3) is 11.8 Å². The van der Waals surface area contributed by atoms with Gasteiger partial charge in [-0.1, -0.05) is 0 Å². The number of nitrogens with zero attached hydrogens (tertiary/aromatic N) is 3. The van der Waals surface area contributed by atoms with Crippen molar-refractivity contribution < 1.29 is 14.0 Å². The monoisotopic (exact) mass is 342 g/mol. The molecule has 0 saturated carbocycles. The summed E-state index contributed by atoms with van der Waals surface area (Å²) < 4.78 is 14.5. The number of aryl methyl sites for hydroxylation is 2.